The molecule has 0 aromatic heterocycles. The first kappa shape index (κ1) is 14.6. The van der Waals surface area contributed by atoms with Crippen LogP contribution in [0.2, 0.25) is 5.02 Å². The Balaban J connectivity index is 2.09. The first-order chi connectivity index (χ1) is 9.19. The number of nitrogens with two attached hydrogens (primary N) is 1. The summed E-state index contributed by atoms with van der Waals surface area (Å²) < 4.78 is 11.5. The van der Waals surface area contributed by atoms with Crippen molar-refractivity contribution >= 4 is 11.6 Å². The van der Waals surface area contributed by atoms with Gasteiger partial charge in [-0.1, -0.05) is 18.5 Å². The van der Waals surface area contributed by atoms with Gasteiger partial charge in [-0.3, -0.25) is 0 Å². The molecule has 1 aromatic carbocycles. The maximum absolute atomic E-state index is 6.07. The van der Waals surface area contributed by atoms with E-state index in [-0.39, 0.29) is 12.1 Å². The molecule has 1 aromatic rings. The second-order valence-electron chi connectivity index (χ2n) is 5.08. The Labute approximate surface area is 120 Å². The van der Waals surface area contributed by atoms with Crippen LogP contribution in [0.1, 0.15) is 31.7 Å². The van der Waals surface area contributed by atoms with Gasteiger partial charge in [-0.2, -0.15) is 0 Å². The standard InChI is InChI=1S/C15H22ClNO2/c1-2-13(17)9-11-8-12(16)5-6-15(11)19-14-4-3-7-18-10-14/h5-6,8,13-14H,2-4,7,9-10,17H2,1H3. The van der Waals surface area contributed by atoms with Crippen molar-refractivity contribution in [3.63, 3.8) is 0 Å². The van der Waals surface area contributed by atoms with E-state index in [9.17, 15) is 0 Å². The van der Waals surface area contributed by atoms with Crippen molar-refractivity contribution < 1.29 is 9.47 Å². The molecule has 0 amide bonds. The van der Waals surface area contributed by atoms with Gasteiger partial charge < -0.3 is 15.2 Å². The van der Waals surface area contributed by atoms with Gasteiger partial charge in [0.25, 0.3) is 0 Å². The molecule has 4 heteroatoms. The van der Waals surface area contributed by atoms with Crippen LogP contribution in [0, 0.1) is 0 Å². The quantitative estimate of drug-likeness (QED) is 0.903. The van der Waals surface area contributed by atoms with Crippen LogP contribution in [0.15, 0.2) is 18.2 Å². The molecule has 106 valence electrons. The smallest absolute Gasteiger partial charge is 0.123 e. The molecule has 2 N–H and O–H groups in total. The van der Waals surface area contributed by atoms with Crippen LogP contribution >= 0.6 is 11.6 Å². The number of ether oxygens (including phenoxy) is 2. The molecule has 3 nitrogen and oxygen atoms in total. The van der Waals surface area contributed by atoms with Crippen LogP contribution in [-0.4, -0.2) is 25.4 Å². The highest BCUT2D eigenvalue weighted by molar-refractivity contribution is 6.30. The fourth-order valence-electron chi connectivity index (χ4n) is 2.23. The molecule has 1 saturated heterocycles. The number of benzene rings is 1. The summed E-state index contributed by atoms with van der Waals surface area (Å²) in [5, 5.41) is 0.727. The van der Waals surface area contributed by atoms with E-state index in [0.717, 1.165) is 48.6 Å². The second kappa shape index (κ2) is 7.13. The molecular formula is C15H22ClNO2. The monoisotopic (exact) mass is 283 g/mol. The third kappa shape index (κ3) is 4.37. The first-order valence-electron chi connectivity index (χ1n) is 6.97. The molecular weight excluding hydrogens is 262 g/mol. The van der Waals surface area contributed by atoms with E-state index in [0.29, 0.717) is 6.61 Å². The lowest BCUT2D eigenvalue weighted by molar-refractivity contribution is 0.00701. The third-order valence-electron chi connectivity index (χ3n) is 3.44. The minimum absolute atomic E-state index is 0.142. The molecule has 2 unspecified atom stereocenters. The molecule has 1 heterocycles. The van der Waals surface area contributed by atoms with Gasteiger partial charge in [0.15, 0.2) is 0 Å². The van der Waals surface area contributed by atoms with E-state index < -0.39 is 0 Å². The highest BCUT2D eigenvalue weighted by Gasteiger charge is 2.17. The predicted octanol–water partition coefficient (Wildman–Crippen LogP) is 3.18. The summed E-state index contributed by atoms with van der Waals surface area (Å²) in [4.78, 5) is 0. The van der Waals surface area contributed by atoms with E-state index in [1.165, 1.54) is 0 Å². The summed E-state index contributed by atoms with van der Waals surface area (Å²) in [7, 11) is 0. The Morgan fingerprint density at radius 2 is 2.37 bits per heavy atom. The number of rotatable bonds is 5. The van der Waals surface area contributed by atoms with E-state index >= 15 is 0 Å². The SMILES string of the molecule is CCC(N)Cc1cc(Cl)ccc1OC1CCCOC1. The average Bonchev–Trinajstić information content (AvgIpc) is 2.43. The number of halogens is 1. The minimum atomic E-state index is 0.142. The zero-order valence-electron chi connectivity index (χ0n) is 11.4. The lowest BCUT2D eigenvalue weighted by atomic mass is 10.0. The van der Waals surface area contributed by atoms with Gasteiger partial charge in [0.05, 0.1) is 6.61 Å². The van der Waals surface area contributed by atoms with Crippen LogP contribution in [0.3, 0.4) is 0 Å². The zero-order chi connectivity index (χ0) is 13.7. The maximum atomic E-state index is 6.07. The van der Waals surface area contributed by atoms with Gasteiger partial charge in [-0.25, -0.2) is 0 Å². The molecule has 1 aliphatic rings. The Morgan fingerprint density at radius 1 is 1.53 bits per heavy atom. The van der Waals surface area contributed by atoms with Gasteiger partial charge in [0.1, 0.15) is 11.9 Å². The van der Waals surface area contributed by atoms with Crippen molar-refractivity contribution in [1.29, 1.82) is 0 Å². The van der Waals surface area contributed by atoms with Gasteiger partial charge in [-0.15, -0.1) is 0 Å². The van der Waals surface area contributed by atoms with Crippen molar-refractivity contribution in [3.8, 4) is 5.75 Å². The molecule has 0 aliphatic carbocycles. The average molecular weight is 284 g/mol. The normalized spacial score (nSPS) is 21.1. The Hall–Kier alpha value is -0.770. The maximum Gasteiger partial charge on any atom is 0.123 e. The minimum Gasteiger partial charge on any atom is -0.488 e. The lowest BCUT2D eigenvalue weighted by Gasteiger charge is -2.25. The van der Waals surface area contributed by atoms with Crippen molar-refractivity contribution in [1.82, 2.24) is 0 Å². The van der Waals surface area contributed by atoms with E-state index in [2.05, 4.69) is 6.92 Å². The summed E-state index contributed by atoms with van der Waals surface area (Å²) in [6, 6.07) is 5.90. The fourth-order valence-corrected chi connectivity index (χ4v) is 2.43. The fraction of sp³-hybridized carbons (Fsp3) is 0.600. The van der Waals surface area contributed by atoms with Crippen LogP contribution in [0.25, 0.3) is 0 Å². The molecule has 1 fully saturated rings. The molecule has 0 saturated carbocycles. The molecule has 0 radical (unpaired) electrons. The van der Waals surface area contributed by atoms with E-state index in [1.54, 1.807) is 0 Å². The van der Waals surface area contributed by atoms with Crippen molar-refractivity contribution in [2.45, 2.75) is 44.8 Å². The predicted molar refractivity (Wildman–Crippen MR) is 77.9 cm³/mol. The summed E-state index contributed by atoms with van der Waals surface area (Å²) in [5.74, 6) is 0.892. The summed E-state index contributed by atoms with van der Waals surface area (Å²) in [6.45, 7) is 3.60. The summed E-state index contributed by atoms with van der Waals surface area (Å²) in [6.07, 6.45) is 3.98. The van der Waals surface area contributed by atoms with Crippen molar-refractivity contribution in [2.24, 2.45) is 5.73 Å². The van der Waals surface area contributed by atoms with Gasteiger partial charge >= 0.3 is 0 Å². The molecule has 1 aliphatic heterocycles. The highest BCUT2D eigenvalue weighted by atomic mass is 35.5. The Bertz CT molecular complexity index is 405. The van der Waals surface area contributed by atoms with Crippen LogP contribution in [-0.2, 0) is 11.2 Å². The Morgan fingerprint density at radius 3 is 3.05 bits per heavy atom. The molecule has 2 atom stereocenters. The molecule has 2 rings (SSSR count). The number of hydrogen-bond acceptors (Lipinski definition) is 3. The second-order valence-corrected chi connectivity index (χ2v) is 5.52. The van der Waals surface area contributed by atoms with E-state index in [4.69, 9.17) is 26.8 Å². The first-order valence-corrected chi connectivity index (χ1v) is 7.35. The third-order valence-corrected chi connectivity index (χ3v) is 3.68. The molecule has 0 bridgehead atoms. The van der Waals surface area contributed by atoms with Crippen molar-refractivity contribution in [2.75, 3.05) is 13.2 Å². The van der Waals surface area contributed by atoms with Gasteiger partial charge in [0.2, 0.25) is 0 Å². The highest BCUT2D eigenvalue weighted by Crippen LogP contribution is 2.26. The van der Waals surface area contributed by atoms with Crippen LogP contribution in [0.4, 0.5) is 0 Å². The summed E-state index contributed by atoms with van der Waals surface area (Å²) in [5.41, 5.74) is 7.12. The van der Waals surface area contributed by atoms with Crippen LogP contribution in [0.5, 0.6) is 5.75 Å². The summed E-state index contributed by atoms with van der Waals surface area (Å²) >= 11 is 6.07. The zero-order valence-corrected chi connectivity index (χ0v) is 12.2. The largest absolute Gasteiger partial charge is 0.488 e. The van der Waals surface area contributed by atoms with Crippen molar-refractivity contribution in [3.05, 3.63) is 28.8 Å². The van der Waals surface area contributed by atoms with Gasteiger partial charge in [0, 0.05) is 17.7 Å². The lowest BCUT2D eigenvalue weighted by Crippen LogP contribution is -2.29. The Kier molecular flexibility index (Phi) is 5.49. The number of hydrogen-bond donors (Lipinski definition) is 1. The topological polar surface area (TPSA) is 44.5 Å². The molecule has 0 spiro atoms. The molecule has 19 heavy (non-hydrogen) atoms. The van der Waals surface area contributed by atoms with Crippen LogP contribution < -0.4 is 10.5 Å². The van der Waals surface area contributed by atoms with Gasteiger partial charge in [-0.05, 0) is 49.4 Å². The van der Waals surface area contributed by atoms with E-state index in [1.807, 2.05) is 18.2 Å².